The summed E-state index contributed by atoms with van der Waals surface area (Å²) in [5.41, 5.74) is 0.421. The Morgan fingerprint density at radius 1 is 1.44 bits per heavy atom. The normalized spacial score (nSPS) is 42.0. The van der Waals surface area contributed by atoms with Crippen molar-refractivity contribution in [2.24, 2.45) is 11.3 Å². The lowest BCUT2D eigenvalue weighted by molar-refractivity contribution is -0.133. The van der Waals surface area contributed by atoms with Crippen LogP contribution in [-0.4, -0.2) is 36.5 Å². The van der Waals surface area contributed by atoms with Gasteiger partial charge in [-0.15, -0.1) is 0 Å². The molecular weight excluding hydrogens is 202 g/mol. The van der Waals surface area contributed by atoms with Gasteiger partial charge in [0.25, 0.3) is 0 Å². The maximum absolute atomic E-state index is 9.18. The molecule has 2 aliphatic carbocycles. The molecule has 1 spiro atoms. The summed E-state index contributed by atoms with van der Waals surface area (Å²) < 4.78 is 5.93. The Bertz CT molecular complexity index is 263. The van der Waals surface area contributed by atoms with Gasteiger partial charge < -0.3 is 15.2 Å². The van der Waals surface area contributed by atoms with Crippen LogP contribution in [0, 0.1) is 11.3 Å². The number of nitrogens with one attached hydrogen (secondary N) is 1. The van der Waals surface area contributed by atoms with Crippen LogP contribution in [0.5, 0.6) is 0 Å². The van der Waals surface area contributed by atoms with Gasteiger partial charge in [0.05, 0.1) is 12.7 Å². The number of fused-ring (bicyclic) bond motifs is 2. The largest absolute Gasteiger partial charge is 0.395 e. The minimum Gasteiger partial charge on any atom is -0.395 e. The molecule has 4 atom stereocenters. The Morgan fingerprint density at radius 3 is 2.88 bits per heavy atom. The van der Waals surface area contributed by atoms with E-state index in [2.05, 4.69) is 12.2 Å². The molecule has 3 nitrogen and oxygen atoms in total. The number of hydrogen-bond acceptors (Lipinski definition) is 3. The predicted octanol–water partition coefficient (Wildman–Crippen LogP) is 1.30. The molecule has 92 valence electrons. The second kappa shape index (κ2) is 3.97. The first kappa shape index (κ1) is 11.0. The van der Waals surface area contributed by atoms with E-state index in [1.165, 1.54) is 32.1 Å². The highest BCUT2D eigenvalue weighted by Crippen LogP contribution is 2.60. The lowest BCUT2D eigenvalue weighted by Crippen LogP contribution is -2.68. The highest BCUT2D eigenvalue weighted by Gasteiger charge is 2.64. The fourth-order valence-electron chi connectivity index (χ4n) is 4.30. The summed E-state index contributed by atoms with van der Waals surface area (Å²) in [4.78, 5) is 0. The molecule has 1 saturated heterocycles. The van der Waals surface area contributed by atoms with E-state index in [0.29, 0.717) is 23.5 Å². The highest BCUT2D eigenvalue weighted by molar-refractivity contribution is 5.16. The third kappa shape index (κ3) is 1.38. The van der Waals surface area contributed by atoms with E-state index >= 15 is 0 Å². The third-order valence-electron chi connectivity index (χ3n) is 5.02. The Hall–Kier alpha value is -0.120. The fourth-order valence-corrected chi connectivity index (χ4v) is 4.30. The first-order chi connectivity index (χ1) is 7.78. The van der Waals surface area contributed by atoms with Crippen LogP contribution in [0.1, 0.15) is 39.0 Å². The Morgan fingerprint density at radius 2 is 2.19 bits per heavy atom. The van der Waals surface area contributed by atoms with Crippen LogP contribution in [0.3, 0.4) is 0 Å². The van der Waals surface area contributed by atoms with Crippen LogP contribution in [0.2, 0.25) is 0 Å². The molecular formula is C13H23NO2. The molecule has 0 bridgehead atoms. The Labute approximate surface area is 97.6 Å². The molecule has 3 unspecified atom stereocenters. The SMILES string of the molecule is C[C@@H](CO)NC1C2CCOC2C12CCCC2. The zero-order valence-electron chi connectivity index (χ0n) is 10.1. The smallest absolute Gasteiger partial charge is 0.0690 e. The van der Waals surface area contributed by atoms with E-state index in [1.54, 1.807) is 0 Å². The Kier molecular flexibility index (Phi) is 2.73. The van der Waals surface area contributed by atoms with Crippen molar-refractivity contribution in [3.05, 3.63) is 0 Å². The molecule has 0 amide bonds. The molecule has 2 saturated carbocycles. The Balaban J connectivity index is 1.74. The second-order valence-electron chi connectivity index (χ2n) is 5.91. The van der Waals surface area contributed by atoms with Gasteiger partial charge in [-0.25, -0.2) is 0 Å². The lowest BCUT2D eigenvalue weighted by Gasteiger charge is -2.57. The van der Waals surface area contributed by atoms with Gasteiger partial charge in [-0.3, -0.25) is 0 Å². The van der Waals surface area contributed by atoms with Crippen molar-refractivity contribution in [3.8, 4) is 0 Å². The molecule has 0 radical (unpaired) electrons. The fraction of sp³-hybridized carbons (Fsp3) is 1.00. The summed E-state index contributed by atoms with van der Waals surface area (Å²) in [6.07, 6.45) is 7.10. The molecule has 1 aliphatic heterocycles. The summed E-state index contributed by atoms with van der Waals surface area (Å²) in [6.45, 7) is 3.26. The summed E-state index contributed by atoms with van der Waals surface area (Å²) in [5, 5.41) is 12.8. The second-order valence-corrected chi connectivity index (χ2v) is 5.91. The average molecular weight is 225 g/mol. The number of aliphatic hydroxyl groups is 1. The van der Waals surface area contributed by atoms with Crippen LogP contribution in [0.15, 0.2) is 0 Å². The zero-order valence-corrected chi connectivity index (χ0v) is 10.1. The molecule has 3 heteroatoms. The first-order valence-corrected chi connectivity index (χ1v) is 6.76. The van der Waals surface area contributed by atoms with Crippen molar-refractivity contribution in [1.82, 2.24) is 5.32 Å². The number of rotatable bonds is 3. The lowest BCUT2D eigenvalue weighted by atomic mass is 9.54. The summed E-state index contributed by atoms with van der Waals surface area (Å²) in [6, 6.07) is 0.827. The van der Waals surface area contributed by atoms with E-state index in [4.69, 9.17) is 4.74 Å². The van der Waals surface area contributed by atoms with Gasteiger partial charge in [-0.2, -0.15) is 0 Å². The summed E-state index contributed by atoms with van der Waals surface area (Å²) >= 11 is 0. The molecule has 2 N–H and O–H groups in total. The van der Waals surface area contributed by atoms with Gasteiger partial charge in [-0.05, 0) is 26.2 Å². The minimum atomic E-state index is 0.226. The summed E-state index contributed by atoms with van der Waals surface area (Å²) in [7, 11) is 0. The van der Waals surface area contributed by atoms with Crippen LogP contribution in [-0.2, 0) is 4.74 Å². The van der Waals surface area contributed by atoms with E-state index in [9.17, 15) is 5.11 Å². The van der Waals surface area contributed by atoms with Crippen LogP contribution >= 0.6 is 0 Å². The predicted molar refractivity (Wildman–Crippen MR) is 62.2 cm³/mol. The van der Waals surface area contributed by atoms with Crippen molar-refractivity contribution >= 4 is 0 Å². The van der Waals surface area contributed by atoms with E-state index < -0.39 is 0 Å². The molecule has 16 heavy (non-hydrogen) atoms. The third-order valence-corrected chi connectivity index (χ3v) is 5.02. The molecule has 3 rings (SSSR count). The van der Waals surface area contributed by atoms with Crippen molar-refractivity contribution in [2.45, 2.75) is 57.2 Å². The maximum Gasteiger partial charge on any atom is 0.0690 e. The number of ether oxygens (including phenoxy) is 1. The van der Waals surface area contributed by atoms with Crippen molar-refractivity contribution in [3.63, 3.8) is 0 Å². The molecule has 0 aromatic carbocycles. The van der Waals surface area contributed by atoms with Gasteiger partial charge in [0, 0.05) is 30.0 Å². The quantitative estimate of drug-likeness (QED) is 0.761. The van der Waals surface area contributed by atoms with E-state index in [0.717, 1.165) is 6.61 Å². The van der Waals surface area contributed by atoms with Crippen molar-refractivity contribution < 1.29 is 9.84 Å². The average Bonchev–Trinajstić information content (AvgIpc) is 2.92. The van der Waals surface area contributed by atoms with Gasteiger partial charge in [0.1, 0.15) is 0 Å². The minimum absolute atomic E-state index is 0.226. The number of hydrogen-bond donors (Lipinski definition) is 2. The van der Waals surface area contributed by atoms with Gasteiger partial charge >= 0.3 is 0 Å². The van der Waals surface area contributed by atoms with Gasteiger partial charge in [0.2, 0.25) is 0 Å². The van der Waals surface area contributed by atoms with E-state index in [1.807, 2.05) is 0 Å². The molecule has 3 fully saturated rings. The van der Waals surface area contributed by atoms with Gasteiger partial charge in [-0.1, -0.05) is 12.8 Å². The number of aliphatic hydroxyl groups excluding tert-OH is 1. The van der Waals surface area contributed by atoms with Crippen LogP contribution < -0.4 is 5.32 Å². The van der Waals surface area contributed by atoms with E-state index in [-0.39, 0.29) is 12.6 Å². The molecule has 0 aromatic heterocycles. The van der Waals surface area contributed by atoms with Crippen LogP contribution in [0.4, 0.5) is 0 Å². The van der Waals surface area contributed by atoms with Gasteiger partial charge in [0.15, 0.2) is 0 Å². The molecule has 1 heterocycles. The monoisotopic (exact) mass is 225 g/mol. The first-order valence-electron chi connectivity index (χ1n) is 6.76. The molecule has 0 aromatic rings. The zero-order chi connectivity index (χ0) is 11.2. The standard InChI is InChI=1S/C13H23NO2/c1-9(8-15)14-11-10-4-7-16-12(10)13(11)5-2-3-6-13/h9-12,14-15H,2-8H2,1H3/t9-,10?,11?,12?/m0/s1. The van der Waals surface area contributed by atoms with Crippen molar-refractivity contribution in [1.29, 1.82) is 0 Å². The topological polar surface area (TPSA) is 41.5 Å². The maximum atomic E-state index is 9.18. The molecule has 3 aliphatic rings. The highest BCUT2D eigenvalue weighted by atomic mass is 16.5. The summed E-state index contributed by atoms with van der Waals surface area (Å²) in [5.74, 6) is 0.715. The van der Waals surface area contributed by atoms with Crippen molar-refractivity contribution in [2.75, 3.05) is 13.2 Å². The van der Waals surface area contributed by atoms with Crippen LogP contribution in [0.25, 0.3) is 0 Å².